The van der Waals surface area contributed by atoms with E-state index < -0.39 is 5.60 Å². The molecule has 2 atom stereocenters. The number of nitrogens with one attached hydrogen (secondary N) is 1. The van der Waals surface area contributed by atoms with Gasteiger partial charge in [0.25, 0.3) is 0 Å². The molecule has 0 aromatic heterocycles. The Balaban J connectivity index is 1.72. The van der Waals surface area contributed by atoms with Crippen molar-refractivity contribution in [3.8, 4) is 0 Å². The molecule has 3 N–H and O–H groups in total. The molecule has 24 heavy (non-hydrogen) atoms. The van der Waals surface area contributed by atoms with Gasteiger partial charge in [-0.3, -0.25) is 4.90 Å². The molecule has 4 nitrogen and oxygen atoms in total. The standard InChI is InChI=1S/C20H26N2O2/c23-14-19-11-20(24,15-21-19)16-22(12-17-7-3-1-4-8-17)13-18-9-5-2-6-10-18/h1-10,19,21,23-24H,11-16H2/t19-,20?/m0/s1. The van der Waals surface area contributed by atoms with Crippen molar-refractivity contribution >= 4 is 0 Å². The molecule has 128 valence electrons. The van der Waals surface area contributed by atoms with Crippen molar-refractivity contribution in [3.63, 3.8) is 0 Å². The van der Waals surface area contributed by atoms with E-state index in [4.69, 9.17) is 0 Å². The highest BCUT2D eigenvalue weighted by molar-refractivity contribution is 5.17. The van der Waals surface area contributed by atoms with E-state index in [1.165, 1.54) is 11.1 Å². The van der Waals surface area contributed by atoms with Gasteiger partial charge >= 0.3 is 0 Å². The minimum Gasteiger partial charge on any atom is -0.395 e. The molecular weight excluding hydrogens is 300 g/mol. The maximum atomic E-state index is 10.9. The summed E-state index contributed by atoms with van der Waals surface area (Å²) in [5.41, 5.74) is 1.68. The summed E-state index contributed by atoms with van der Waals surface area (Å²) in [6, 6.07) is 20.7. The van der Waals surface area contributed by atoms with Crippen LogP contribution in [0.1, 0.15) is 17.5 Å². The number of β-amino-alcohol motifs (C(OH)–C–C–N with tert-alkyl or cyclic N) is 1. The van der Waals surface area contributed by atoms with Crippen LogP contribution < -0.4 is 5.32 Å². The summed E-state index contributed by atoms with van der Waals surface area (Å²) in [5, 5.41) is 23.4. The van der Waals surface area contributed by atoms with Crippen LogP contribution in [0.4, 0.5) is 0 Å². The highest BCUT2D eigenvalue weighted by Gasteiger charge is 2.38. The van der Waals surface area contributed by atoms with Crippen molar-refractivity contribution in [2.75, 3.05) is 19.7 Å². The molecule has 2 aromatic carbocycles. The number of hydrogen-bond acceptors (Lipinski definition) is 4. The summed E-state index contributed by atoms with van der Waals surface area (Å²) >= 11 is 0. The van der Waals surface area contributed by atoms with Gasteiger partial charge < -0.3 is 15.5 Å². The maximum Gasteiger partial charge on any atom is 0.0913 e. The summed E-state index contributed by atoms with van der Waals surface area (Å²) < 4.78 is 0. The third-order valence-electron chi connectivity index (χ3n) is 4.58. The van der Waals surface area contributed by atoms with Gasteiger partial charge in [0.2, 0.25) is 0 Å². The molecule has 0 bridgehead atoms. The Hall–Kier alpha value is -1.72. The quantitative estimate of drug-likeness (QED) is 0.726. The largest absolute Gasteiger partial charge is 0.395 e. The fraction of sp³-hybridized carbons (Fsp3) is 0.400. The monoisotopic (exact) mass is 326 g/mol. The lowest BCUT2D eigenvalue weighted by Gasteiger charge is -2.31. The van der Waals surface area contributed by atoms with Crippen molar-refractivity contribution < 1.29 is 10.2 Å². The Morgan fingerprint density at radius 2 is 1.50 bits per heavy atom. The zero-order valence-corrected chi connectivity index (χ0v) is 13.9. The first-order valence-electron chi connectivity index (χ1n) is 8.54. The van der Waals surface area contributed by atoms with E-state index in [9.17, 15) is 10.2 Å². The van der Waals surface area contributed by atoms with Crippen LogP contribution in [0.2, 0.25) is 0 Å². The highest BCUT2D eigenvalue weighted by Crippen LogP contribution is 2.22. The minimum absolute atomic E-state index is 0.00898. The average molecular weight is 326 g/mol. The molecule has 0 saturated carbocycles. The number of hydrogen-bond donors (Lipinski definition) is 3. The number of rotatable bonds is 7. The van der Waals surface area contributed by atoms with Crippen LogP contribution in [0.15, 0.2) is 60.7 Å². The van der Waals surface area contributed by atoms with E-state index >= 15 is 0 Å². The first-order valence-corrected chi connectivity index (χ1v) is 8.54. The summed E-state index contributed by atoms with van der Waals surface area (Å²) in [6.45, 7) is 2.77. The second-order valence-corrected chi connectivity index (χ2v) is 6.81. The molecule has 0 amide bonds. The van der Waals surface area contributed by atoms with Crippen molar-refractivity contribution in [2.45, 2.75) is 31.2 Å². The van der Waals surface area contributed by atoms with E-state index in [-0.39, 0.29) is 12.6 Å². The number of nitrogens with zero attached hydrogens (tertiary/aromatic N) is 1. The van der Waals surface area contributed by atoms with Crippen LogP contribution >= 0.6 is 0 Å². The van der Waals surface area contributed by atoms with Gasteiger partial charge in [0.05, 0.1) is 12.2 Å². The van der Waals surface area contributed by atoms with Crippen LogP contribution in [0.5, 0.6) is 0 Å². The second-order valence-electron chi connectivity index (χ2n) is 6.81. The first-order chi connectivity index (χ1) is 11.7. The normalized spacial score (nSPS) is 23.7. The van der Waals surface area contributed by atoms with E-state index in [1.807, 2.05) is 36.4 Å². The highest BCUT2D eigenvalue weighted by atomic mass is 16.3. The molecule has 1 saturated heterocycles. The Morgan fingerprint density at radius 1 is 0.958 bits per heavy atom. The SMILES string of the molecule is OC[C@@H]1CC(O)(CN(Cc2ccccc2)Cc2ccccc2)CN1. The van der Waals surface area contributed by atoms with Crippen LogP contribution in [0, 0.1) is 0 Å². The summed E-state index contributed by atoms with van der Waals surface area (Å²) in [4.78, 5) is 2.28. The predicted molar refractivity (Wildman–Crippen MR) is 95.4 cm³/mol. The van der Waals surface area contributed by atoms with Gasteiger partial charge in [-0.1, -0.05) is 60.7 Å². The molecule has 4 heteroatoms. The van der Waals surface area contributed by atoms with Crippen molar-refractivity contribution in [1.29, 1.82) is 0 Å². The van der Waals surface area contributed by atoms with Gasteiger partial charge in [0, 0.05) is 32.2 Å². The third-order valence-corrected chi connectivity index (χ3v) is 4.58. The van der Waals surface area contributed by atoms with Crippen LogP contribution in [0.25, 0.3) is 0 Å². The zero-order chi connectivity index (χ0) is 16.8. The van der Waals surface area contributed by atoms with E-state index in [0.29, 0.717) is 19.5 Å². The Bertz CT molecular complexity index is 579. The molecule has 1 heterocycles. The third kappa shape index (κ3) is 4.65. The number of aliphatic hydroxyl groups is 2. The van der Waals surface area contributed by atoms with Gasteiger partial charge in [-0.05, 0) is 17.5 Å². The lowest BCUT2D eigenvalue weighted by molar-refractivity contribution is 0.0123. The van der Waals surface area contributed by atoms with Crippen LogP contribution in [-0.4, -0.2) is 46.5 Å². The predicted octanol–water partition coefficient (Wildman–Crippen LogP) is 1.77. The van der Waals surface area contributed by atoms with Gasteiger partial charge in [-0.15, -0.1) is 0 Å². The molecule has 3 rings (SSSR count). The first kappa shape index (κ1) is 17.1. The molecule has 0 aliphatic carbocycles. The lowest BCUT2D eigenvalue weighted by atomic mass is 9.99. The summed E-state index contributed by atoms with van der Waals surface area (Å²) in [7, 11) is 0. The van der Waals surface area contributed by atoms with Crippen LogP contribution in [0.3, 0.4) is 0 Å². The average Bonchev–Trinajstić information content (AvgIpc) is 2.98. The molecule has 1 unspecified atom stereocenters. The van der Waals surface area contributed by atoms with Gasteiger partial charge in [0.1, 0.15) is 0 Å². The molecular formula is C20H26N2O2. The molecule has 1 fully saturated rings. The maximum absolute atomic E-state index is 10.9. The molecule has 0 spiro atoms. The molecule has 0 radical (unpaired) electrons. The van der Waals surface area contributed by atoms with Crippen molar-refractivity contribution in [3.05, 3.63) is 71.8 Å². The molecule has 1 aliphatic rings. The number of benzene rings is 2. The molecule has 2 aromatic rings. The van der Waals surface area contributed by atoms with Gasteiger partial charge in [-0.2, -0.15) is 0 Å². The summed E-state index contributed by atoms with van der Waals surface area (Å²) in [5.74, 6) is 0. The fourth-order valence-corrected chi connectivity index (χ4v) is 3.45. The smallest absolute Gasteiger partial charge is 0.0913 e. The topological polar surface area (TPSA) is 55.7 Å². The second kappa shape index (κ2) is 7.90. The van der Waals surface area contributed by atoms with E-state index in [0.717, 1.165) is 13.1 Å². The Morgan fingerprint density at radius 3 is 1.96 bits per heavy atom. The number of aliphatic hydroxyl groups excluding tert-OH is 1. The van der Waals surface area contributed by atoms with Crippen molar-refractivity contribution in [1.82, 2.24) is 10.2 Å². The molecule has 1 aliphatic heterocycles. The van der Waals surface area contributed by atoms with Gasteiger partial charge in [-0.25, -0.2) is 0 Å². The van der Waals surface area contributed by atoms with E-state index in [1.54, 1.807) is 0 Å². The van der Waals surface area contributed by atoms with Crippen LogP contribution in [-0.2, 0) is 13.1 Å². The Kier molecular flexibility index (Phi) is 5.63. The zero-order valence-electron chi connectivity index (χ0n) is 13.9. The van der Waals surface area contributed by atoms with E-state index in [2.05, 4.69) is 34.5 Å². The van der Waals surface area contributed by atoms with Gasteiger partial charge in [0.15, 0.2) is 0 Å². The summed E-state index contributed by atoms with van der Waals surface area (Å²) in [6.07, 6.45) is 0.587. The van der Waals surface area contributed by atoms with Crippen molar-refractivity contribution in [2.24, 2.45) is 0 Å². The lowest BCUT2D eigenvalue weighted by Crippen LogP contribution is -2.44. The Labute approximate surface area is 143 Å². The minimum atomic E-state index is -0.795. The fourth-order valence-electron chi connectivity index (χ4n) is 3.45.